The summed E-state index contributed by atoms with van der Waals surface area (Å²) in [7, 11) is 5.17. The van der Waals surface area contributed by atoms with E-state index in [1.807, 2.05) is 6.07 Å². The molecular weight excluding hydrogens is 72.9 g/mol. The highest BCUT2D eigenvalue weighted by molar-refractivity contribution is 6.16. The molecule has 0 saturated heterocycles. The van der Waals surface area contributed by atoms with Crippen LogP contribution in [0.15, 0.2) is 0 Å². The standard InChI is InChI=1S/C4H6BN/c1-4(2,5)3-6/h1-2H3. The molecule has 0 aromatic carbocycles. The van der Waals surface area contributed by atoms with Gasteiger partial charge >= 0.3 is 0 Å². The molecule has 0 saturated carbocycles. The van der Waals surface area contributed by atoms with Crippen LogP contribution in [0.1, 0.15) is 13.8 Å². The van der Waals surface area contributed by atoms with Crippen LogP contribution in [0.4, 0.5) is 0 Å². The Morgan fingerprint density at radius 1 is 1.67 bits per heavy atom. The molecular formula is C4H6BN. The number of nitriles is 1. The first-order chi connectivity index (χ1) is 2.56. The lowest BCUT2D eigenvalue weighted by molar-refractivity contribution is 0.878. The fourth-order valence-corrected chi connectivity index (χ4v) is 0. The molecule has 0 heterocycles. The van der Waals surface area contributed by atoms with Crippen LogP contribution in [-0.2, 0) is 0 Å². The van der Waals surface area contributed by atoms with Gasteiger partial charge in [-0.2, -0.15) is 5.26 Å². The molecule has 0 bridgehead atoms. The highest BCUT2D eigenvalue weighted by Gasteiger charge is 2.04. The molecule has 6 heavy (non-hydrogen) atoms. The summed E-state index contributed by atoms with van der Waals surface area (Å²) in [6.07, 6.45) is 0. The highest BCUT2D eigenvalue weighted by Crippen LogP contribution is 2.13. The summed E-state index contributed by atoms with van der Waals surface area (Å²) in [6, 6.07) is 1.88. The van der Waals surface area contributed by atoms with Crippen LogP contribution in [0.2, 0.25) is 5.31 Å². The quantitative estimate of drug-likeness (QED) is 0.395. The lowest BCUT2D eigenvalue weighted by Crippen LogP contribution is -1.94. The monoisotopic (exact) mass is 79.1 g/mol. The summed E-state index contributed by atoms with van der Waals surface area (Å²) in [5.74, 6) is 0. The number of hydrogen-bond acceptors (Lipinski definition) is 1. The van der Waals surface area contributed by atoms with Crippen molar-refractivity contribution in [3.05, 3.63) is 0 Å². The summed E-state index contributed by atoms with van der Waals surface area (Å²) >= 11 is 0. The Morgan fingerprint density at radius 2 is 1.83 bits per heavy atom. The topological polar surface area (TPSA) is 23.8 Å². The van der Waals surface area contributed by atoms with Crippen molar-refractivity contribution < 1.29 is 0 Å². The Labute approximate surface area is 39.4 Å². The van der Waals surface area contributed by atoms with Gasteiger partial charge in [0.1, 0.15) is 0 Å². The molecule has 0 N–H and O–H groups in total. The van der Waals surface area contributed by atoms with Crippen LogP contribution in [0.3, 0.4) is 0 Å². The zero-order chi connectivity index (χ0) is 5.21. The van der Waals surface area contributed by atoms with Crippen LogP contribution in [0.5, 0.6) is 0 Å². The Bertz CT molecular complexity index is 74.5. The third kappa shape index (κ3) is 3.55. The second-order valence-electron chi connectivity index (χ2n) is 1.83. The second kappa shape index (κ2) is 1.34. The van der Waals surface area contributed by atoms with E-state index in [9.17, 15) is 0 Å². The van der Waals surface area contributed by atoms with Gasteiger partial charge in [0.05, 0.1) is 13.9 Å². The fraction of sp³-hybridized carbons (Fsp3) is 0.750. The normalized spacial score (nSPS) is 10.2. The molecule has 2 heteroatoms. The Balaban J connectivity index is 3.55. The molecule has 2 radical (unpaired) electrons. The number of nitrogens with zero attached hydrogens (tertiary/aromatic N) is 1. The van der Waals surface area contributed by atoms with E-state index in [2.05, 4.69) is 0 Å². The molecule has 0 atom stereocenters. The molecule has 0 aliphatic carbocycles. The highest BCUT2D eigenvalue weighted by atomic mass is 14.3. The van der Waals surface area contributed by atoms with E-state index in [-0.39, 0.29) is 0 Å². The van der Waals surface area contributed by atoms with Crippen molar-refractivity contribution >= 4 is 7.85 Å². The van der Waals surface area contributed by atoms with Gasteiger partial charge < -0.3 is 0 Å². The lowest BCUT2D eigenvalue weighted by atomic mass is 9.74. The summed E-state index contributed by atoms with van der Waals surface area (Å²) in [4.78, 5) is 0. The maximum absolute atomic E-state index is 8.03. The fourth-order valence-electron chi connectivity index (χ4n) is 0. The van der Waals surface area contributed by atoms with Gasteiger partial charge in [-0.1, -0.05) is 13.8 Å². The van der Waals surface area contributed by atoms with Crippen molar-refractivity contribution in [3.63, 3.8) is 0 Å². The van der Waals surface area contributed by atoms with Gasteiger partial charge in [0.2, 0.25) is 0 Å². The minimum Gasteiger partial charge on any atom is -0.199 e. The van der Waals surface area contributed by atoms with E-state index < -0.39 is 5.31 Å². The third-order valence-corrected chi connectivity index (χ3v) is 0.288. The van der Waals surface area contributed by atoms with E-state index in [0.717, 1.165) is 0 Å². The van der Waals surface area contributed by atoms with E-state index in [4.69, 9.17) is 13.1 Å². The van der Waals surface area contributed by atoms with Crippen molar-refractivity contribution in [1.29, 1.82) is 5.26 Å². The zero-order valence-corrected chi connectivity index (χ0v) is 4.02. The Hall–Kier alpha value is -0.445. The van der Waals surface area contributed by atoms with Crippen molar-refractivity contribution in [2.45, 2.75) is 19.2 Å². The van der Waals surface area contributed by atoms with E-state index in [1.54, 1.807) is 13.8 Å². The van der Waals surface area contributed by atoms with E-state index in [0.29, 0.717) is 0 Å². The maximum Gasteiger partial charge on any atom is 0.0943 e. The van der Waals surface area contributed by atoms with Crippen LogP contribution in [0, 0.1) is 11.3 Å². The molecule has 0 aliphatic heterocycles. The van der Waals surface area contributed by atoms with Crippen LogP contribution >= 0.6 is 0 Å². The molecule has 0 unspecified atom stereocenters. The molecule has 0 amide bonds. The molecule has 0 spiro atoms. The summed E-state index contributed by atoms with van der Waals surface area (Å²) in [5.41, 5.74) is 0. The average molecular weight is 78.9 g/mol. The molecule has 1 nitrogen and oxygen atoms in total. The second-order valence-corrected chi connectivity index (χ2v) is 1.83. The van der Waals surface area contributed by atoms with Gasteiger partial charge in [-0.15, -0.1) is 0 Å². The number of rotatable bonds is 0. The smallest absolute Gasteiger partial charge is 0.0943 e. The van der Waals surface area contributed by atoms with Gasteiger partial charge in [-0.3, -0.25) is 0 Å². The Morgan fingerprint density at radius 3 is 1.83 bits per heavy atom. The molecule has 0 aromatic heterocycles. The first-order valence-electron chi connectivity index (χ1n) is 1.76. The van der Waals surface area contributed by atoms with Gasteiger partial charge in [-0.05, 0) is 0 Å². The van der Waals surface area contributed by atoms with E-state index >= 15 is 0 Å². The maximum atomic E-state index is 8.03. The minimum atomic E-state index is -0.653. The molecule has 0 fully saturated rings. The van der Waals surface area contributed by atoms with Gasteiger partial charge in [0.15, 0.2) is 0 Å². The average Bonchev–Trinajstić information content (AvgIpc) is 1.35. The SMILES string of the molecule is [B]C(C)(C)C#N. The predicted octanol–water partition coefficient (Wildman–Crippen LogP) is 0.877. The third-order valence-electron chi connectivity index (χ3n) is 0.288. The van der Waals surface area contributed by atoms with E-state index in [1.165, 1.54) is 0 Å². The molecule has 0 aromatic rings. The largest absolute Gasteiger partial charge is 0.199 e. The minimum absolute atomic E-state index is 0.653. The molecule has 0 rings (SSSR count). The molecule has 0 aliphatic rings. The van der Waals surface area contributed by atoms with Gasteiger partial charge in [-0.25, -0.2) is 0 Å². The van der Waals surface area contributed by atoms with Crippen LogP contribution in [-0.4, -0.2) is 7.85 Å². The zero-order valence-electron chi connectivity index (χ0n) is 4.02. The van der Waals surface area contributed by atoms with Crippen molar-refractivity contribution in [2.75, 3.05) is 0 Å². The lowest BCUT2D eigenvalue weighted by Gasteiger charge is -2.01. The van der Waals surface area contributed by atoms with Crippen molar-refractivity contribution in [1.82, 2.24) is 0 Å². The van der Waals surface area contributed by atoms with Gasteiger partial charge in [0.25, 0.3) is 0 Å². The predicted molar refractivity (Wildman–Crippen MR) is 25.4 cm³/mol. The van der Waals surface area contributed by atoms with Crippen LogP contribution in [0.25, 0.3) is 0 Å². The Kier molecular flexibility index (Phi) is 1.24. The first kappa shape index (κ1) is 5.55. The first-order valence-corrected chi connectivity index (χ1v) is 1.76. The summed E-state index contributed by atoms with van der Waals surface area (Å²) in [6.45, 7) is 3.32. The summed E-state index contributed by atoms with van der Waals surface area (Å²) < 4.78 is 0. The molecule has 30 valence electrons. The van der Waals surface area contributed by atoms with Gasteiger partial charge in [0, 0.05) is 5.31 Å². The summed E-state index contributed by atoms with van der Waals surface area (Å²) in [5, 5.41) is 7.38. The van der Waals surface area contributed by atoms with Crippen LogP contribution < -0.4 is 0 Å². The van der Waals surface area contributed by atoms with Crippen molar-refractivity contribution in [2.24, 2.45) is 0 Å². The number of hydrogen-bond donors (Lipinski definition) is 0. The van der Waals surface area contributed by atoms with Crippen molar-refractivity contribution in [3.8, 4) is 6.07 Å².